The van der Waals surface area contributed by atoms with Gasteiger partial charge in [0.1, 0.15) is 0 Å². The molecule has 81 valence electrons. The predicted molar refractivity (Wildman–Crippen MR) is 34.1 cm³/mol. The van der Waals surface area contributed by atoms with Gasteiger partial charge in [-0.05, 0) is 0 Å². The molecule has 0 aromatic heterocycles. The van der Waals surface area contributed by atoms with E-state index in [4.69, 9.17) is 23.2 Å². The molecule has 0 atom stereocenters. The van der Waals surface area contributed by atoms with E-state index in [-0.39, 0.29) is 6.26 Å². The summed E-state index contributed by atoms with van der Waals surface area (Å²) in [5.41, 5.74) is 0. The average Bonchev–Trinajstić information content (AvgIpc) is 1.98. The first-order valence-electron chi connectivity index (χ1n) is 2.35. The first-order chi connectivity index (χ1) is 5.83. The number of alkyl halides is 2. The minimum absolute atomic E-state index is 0.0913. The van der Waals surface area contributed by atoms with Crippen molar-refractivity contribution >= 4 is 30.1 Å². The third-order valence-corrected chi connectivity index (χ3v) is 2.83. The Labute approximate surface area is 75.3 Å². The molecule has 0 fully saturated rings. The van der Waals surface area contributed by atoms with E-state index in [2.05, 4.69) is 9.84 Å². The topological polar surface area (TPSA) is 18.5 Å². The van der Waals surface area contributed by atoms with Crippen LogP contribution in [0.3, 0.4) is 0 Å². The molecule has 0 amide bonds. The van der Waals surface area contributed by atoms with Crippen LogP contribution in [0.15, 0.2) is 12.3 Å². The molecule has 0 N–H and O–H groups in total. The first-order valence-corrected chi connectivity index (χ1v) is 5.50. The Morgan fingerprint density at radius 3 is 2.15 bits per heavy atom. The molecule has 9 heteroatoms. The summed E-state index contributed by atoms with van der Waals surface area (Å²) in [4.78, 5) is 0. The molecule has 0 unspecified atom stereocenters. The van der Waals surface area contributed by atoms with E-state index in [1.165, 1.54) is 0 Å². The van der Waals surface area contributed by atoms with Gasteiger partial charge in [0.25, 0.3) is 0 Å². The van der Waals surface area contributed by atoms with Crippen molar-refractivity contribution in [1.82, 2.24) is 0 Å². The molecule has 0 aliphatic heterocycles. The molecule has 0 aliphatic carbocycles. The Kier molecular flexibility index (Phi) is 4.16. The van der Waals surface area contributed by atoms with Gasteiger partial charge in [0, 0.05) is 0 Å². The fourth-order valence-corrected chi connectivity index (χ4v) is 1.38. The zero-order valence-corrected chi connectivity index (χ0v) is 9.62. The molecule has 0 saturated carbocycles. The van der Waals surface area contributed by atoms with Crippen LogP contribution in [0.1, 0.15) is 0 Å². The summed E-state index contributed by atoms with van der Waals surface area (Å²) in [5, 5.41) is 4.13. The number of hydrogen-bond acceptors (Lipinski definition) is 2. The maximum atomic E-state index is 11.5. The predicted octanol–water partition coefficient (Wildman–Crippen LogP) is 2.87. The van der Waals surface area contributed by atoms with E-state index >= 15 is 0 Å². The van der Waals surface area contributed by atoms with Crippen LogP contribution in [0, 0.1) is 0 Å². The summed E-state index contributed by atoms with van der Waals surface area (Å²) in [6.45, 7) is -1.96. The van der Waals surface area contributed by atoms with E-state index in [0.29, 0.717) is 0 Å². The van der Waals surface area contributed by atoms with Crippen LogP contribution >= 0.6 is 23.2 Å². The van der Waals surface area contributed by atoms with E-state index < -0.39 is 17.7 Å². The van der Waals surface area contributed by atoms with Crippen molar-refractivity contribution in [2.75, 3.05) is 0 Å². The maximum absolute atomic E-state index is 11.5. The van der Waals surface area contributed by atoms with Gasteiger partial charge in [0.15, 0.2) is 0 Å². The third kappa shape index (κ3) is 7.04. The van der Waals surface area contributed by atoms with Crippen molar-refractivity contribution in [1.29, 1.82) is 0 Å². The van der Waals surface area contributed by atoms with Gasteiger partial charge in [-0.2, -0.15) is 0 Å². The summed E-state index contributed by atoms with van der Waals surface area (Å²) in [7, 11) is 0. The van der Waals surface area contributed by atoms with E-state index in [1.54, 1.807) is 0 Å². The fourth-order valence-electron chi connectivity index (χ4n) is 0.190. The molecule has 0 bridgehead atoms. The quantitative estimate of drug-likeness (QED) is 0.268. The van der Waals surface area contributed by atoms with Gasteiger partial charge in [0.05, 0.1) is 0 Å². The fraction of sp³-hybridized carbons (Fsp3) is 0.250. The first kappa shape index (κ1) is 11.7. The van der Waals surface area contributed by atoms with Gasteiger partial charge in [0.2, 0.25) is 0 Å². The summed E-state index contributed by atoms with van der Waals surface area (Å²) < 4.78 is 44.7. The van der Waals surface area contributed by atoms with Crippen molar-refractivity contribution in [3.8, 4) is 0 Å². The van der Waals surface area contributed by atoms with Crippen molar-refractivity contribution in [3.63, 3.8) is 0 Å². The van der Waals surface area contributed by atoms with Crippen LogP contribution in [0.25, 0.3) is 0 Å². The Morgan fingerprint density at radius 1 is 1.23 bits per heavy atom. The van der Waals surface area contributed by atoms with Gasteiger partial charge in [-0.3, -0.25) is 0 Å². The van der Waals surface area contributed by atoms with Gasteiger partial charge in [-0.25, -0.2) is 0 Å². The van der Waals surface area contributed by atoms with Crippen LogP contribution in [0.2, 0.25) is 0 Å². The summed E-state index contributed by atoms with van der Waals surface area (Å²) in [5.74, 6) is 0. The Hall–Kier alpha value is -1.33. The van der Waals surface area contributed by atoms with Crippen molar-refractivity contribution in [2.24, 2.45) is 0 Å². The van der Waals surface area contributed by atoms with Crippen LogP contribution in [-0.2, 0) is 9.84 Å². The zero-order chi connectivity index (χ0) is 10.5. The van der Waals surface area contributed by atoms with Crippen LogP contribution in [-0.4, -0.2) is 11.6 Å². The number of ether oxygens (including phenoxy) is 1. The van der Waals surface area contributed by atoms with Gasteiger partial charge in [-0.1, -0.05) is 0 Å². The van der Waals surface area contributed by atoms with Crippen LogP contribution in [0.4, 0.5) is 17.6 Å². The number of hydrogen-bond donors (Lipinski definition) is 0. The molecule has 13 heavy (non-hydrogen) atoms. The van der Waals surface area contributed by atoms with Crippen LogP contribution in [0.5, 0.6) is 0 Å². The SMILES string of the molecule is FC(F)=COC(Cl)(Cl)[O][Cf]=[C](F)F. The molecule has 0 aliphatic rings. The number of halogens is 6. The molecule has 0 saturated heterocycles. The number of rotatable bonds is 4. The summed E-state index contributed by atoms with van der Waals surface area (Å²) in [6.07, 6.45) is -2.30. The summed E-state index contributed by atoms with van der Waals surface area (Å²) >= 11 is 10.1. The van der Waals surface area contributed by atoms with Crippen molar-refractivity contribution in [3.05, 3.63) is 12.3 Å². The summed E-state index contributed by atoms with van der Waals surface area (Å²) in [6, 6.07) is 0. The zero-order valence-electron chi connectivity index (χ0n) is 5.48. The van der Waals surface area contributed by atoms with E-state index in [1.807, 2.05) is 0 Å². The van der Waals surface area contributed by atoms with E-state index in [9.17, 15) is 17.6 Å². The van der Waals surface area contributed by atoms with Crippen molar-refractivity contribution in [2.45, 2.75) is 4.71 Å². The second-order valence-corrected chi connectivity index (χ2v) is 4.57. The van der Waals surface area contributed by atoms with Crippen molar-refractivity contribution < 1.29 is 27.4 Å². The minimum atomic E-state index is -2.48. The molecular formula is C4HCfCl2F4O2. The molecule has 0 aromatic rings. The molecule has 0 heterocycles. The Balaban J connectivity index is 4.09. The van der Waals surface area contributed by atoms with Gasteiger partial charge in [-0.15, -0.1) is 0 Å². The standard InChI is InChI=1S/C3HCl2F2O2.CF2.Cf/c4-3(5,8)9-1-2(6)7;2-1-3;/h1H;;/q-1;;+1. The third-order valence-electron chi connectivity index (χ3n) is 0.441. The Bertz CT molecular complexity index is 202. The Morgan fingerprint density at radius 2 is 1.77 bits per heavy atom. The van der Waals surface area contributed by atoms with E-state index in [0.717, 1.165) is 0 Å². The average molecular weight is 479 g/mol. The normalized spacial score (nSPS) is 10.3. The van der Waals surface area contributed by atoms with Gasteiger partial charge >= 0.3 is 74.6 Å². The molecule has 0 radical (unpaired) electrons. The second kappa shape index (κ2) is 4.64. The van der Waals surface area contributed by atoms with Crippen LogP contribution < -0.4 is 0 Å². The molecular weight excluding hydrogens is 478 g/mol. The monoisotopic (exact) mass is 476 g/mol. The molecule has 0 rings (SSSR count). The molecule has 0 aromatic carbocycles. The molecule has 2 nitrogen and oxygen atoms in total. The molecule has 0 spiro atoms. The second-order valence-electron chi connectivity index (χ2n) is 1.31. The van der Waals surface area contributed by atoms with Gasteiger partial charge < -0.3 is 0 Å².